The SMILES string of the molecule is CCOC1(OCC)CCN[C@@H](CNC(=O)OC(C)(C)C)C1.O=C(O)C=CC(=O)O. The van der Waals surface area contributed by atoms with E-state index in [-0.39, 0.29) is 6.04 Å². The Labute approximate surface area is 171 Å². The highest BCUT2D eigenvalue weighted by Gasteiger charge is 2.37. The predicted octanol–water partition coefficient (Wildman–Crippen LogP) is 1.74. The molecule has 168 valence electrons. The van der Waals surface area contributed by atoms with E-state index in [4.69, 9.17) is 24.4 Å². The fourth-order valence-corrected chi connectivity index (χ4v) is 2.65. The zero-order valence-electron chi connectivity index (χ0n) is 17.8. The van der Waals surface area contributed by atoms with Gasteiger partial charge in [0.25, 0.3) is 0 Å². The number of alkyl carbamates (subject to hydrolysis) is 1. The van der Waals surface area contributed by atoms with E-state index in [0.29, 0.717) is 38.3 Å². The molecule has 10 heteroatoms. The summed E-state index contributed by atoms with van der Waals surface area (Å²) in [5, 5.41) is 21.8. The molecule has 0 aromatic carbocycles. The first-order chi connectivity index (χ1) is 13.4. The number of nitrogens with one attached hydrogen (secondary N) is 2. The van der Waals surface area contributed by atoms with Gasteiger partial charge in [-0.15, -0.1) is 0 Å². The van der Waals surface area contributed by atoms with Crippen LogP contribution in [0.5, 0.6) is 0 Å². The van der Waals surface area contributed by atoms with Crippen LogP contribution >= 0.6 is 0 Å². The quantitative estimate of drug-likeness (QED) is 0.342. The van der Waals surface area contributed by atoms with Crippen molar-refractivity contribution >= 4 is 18.0 Å². The molecular formula is C19H34N2O8. The van der Waals surface area contributed by atoms with Crippen LogP contribution < -0.4 is 10.6 Å². The molecule has 1 fully saturated rings. The van der Waals surface area contributed by atoms with Gasteiger partial charge in [-0.3, -0.25) is 0 Å². The molecule has 1 aliphatic heterocycles. The Balaban J connectivity index is 0.000000828. The van der Waals surface area contributed by atoms with E-state index in [1.165, 1.54) is 0 Å². The van der Waals surface area contributed by atoms with Gasteiger partial charge in [0, 0.05) is 57.3 Å². The molecule has 29 heavy (non-hydrogen) atoms. The second kappa shape index (κ2) is 13.1. The summed E-state index contributed by atoms with van der Waals surface area (Å²) in [6.45, 7) is 12.0. The molecule has 10 nitrogen and oxygen atoms in total. The summed E-state index contributed by atoms with van der Waals surface area (Å²) in [7, 11) is 0. The fourth-order valence-electron chi connectivity index (χ4n) is 2.65. The number of hydrogen-bond acceptors (Lipinski definition) is 7. The van der Waals surface area contributed by atoms with Crippen LogP contribution in [0.2, 0.25) is 0 Å². The number of piperidine rings is 1. The minimum absolute atomic E-state index is 0.115. The van der Waals surface area contributed by atoms with Crippen molar-refractivity contribution < 1.29 is 38.8 Å². The molecule has 1 saturated heterocycles. The minimum atomic E-state index is -1.26. The Hall–Kier alpha value is -2.17. The van der Waals surface area contributed by atoms with Gasteiger partial charge in [-0.25, -0.2) is 14.4 Å². The van der Waals surface area contributed by atoms with Gasteiger partial charge in [0.1, 0.15) is 5.60 Å². The van der Waals surface area contributed by atoms with E-state index in [9.17, 15) is 14.4 Å². The summed E-state index contributed by atoms with van der Waals surface area (Å²) in [4.78, 5) is 30.8. The number of rotatable bonds is 8. The summed E-state index contributed by atoms with van der Waals surface area (Å²) >= 11 is 0. The maximum Gasteiger partial charge on any atom is 0.407 e. The van der Waals surface area contributed by atoms with Crippen molar-refractivity contribution in [3.8, 4) is 0 Å². The molecule has 0 aromatic rings. The van der Waals surface area contributed by atoms with Gasteiger partial charge in [0.05, 0.1) is 0 Å². The number of carbonyl (C=O) groups is 3. The zero-order chi connectivity index (χ0) is 22.5. The van der Waals surface area contributed by atoms with Crippen LogP contribution in [0.25, 0.3) is 0 Å². The third-order valence-electron chi connectivity index (χ3n) is 3.57. The average Bonchev–Trinajstić information content (AvgIpc) is 2.58. The predicted molar refractivity (Wildman–Crippen MR) is 106 cm³/mol. The van der Waals surface area contributed by atoms with Crippen molar-refractivity contribution in [1.82, 2.24) is 10.6 Å². The molecule has 1 rings (SSSR count). The van der Waals surface area contributed by atoms with Crippen molar-refractivity contribution in [2.45, 2.75) is 64.9 Å². The van der Waals surface area contributed by atoms with Gasteiger partial charge in [-0.1, -0.05) is 0 Å². The summed E-state index contributed by atoms with van der Waals surface area (Å²) in [6, 6.07) is 0.115. The van der Waals surface area contributed by atoms with Crippen molar-refractivity contribution in [1.29, 1.82) is 0 Å². The molecule has 4 N–H and O–H groups in total. The number of carboxylic acids is 2. The van der Waals surface area contributed by atoms with Gasteiger partial charge in [0.2, 0.25) is 0 Å². The zero-order valence-corrected chi connectivity index (χ0v) is 17.8. The van der Waals surface area contributed by atoms with Gasteiger partial charge < -0.3 is 35.1 Å². The number of carboxylic acid groups (broad SMARTS) is 2. The number of carbonyl (C=O) groups excluding carboxylic acids is 1. The number of amides is 1. The van der Waals surface area contributed by atoms with Gasteiger partial charge in [-0.2, -0.15) is 0 Å². The lowest BCUT2D eigenvalue weighted by molar-refractivity contribution is -0.249. The molecule has 0 saturated carbocycles. The number of ether oxygens (including phenoxy) is 3. The van der Waals surface area contributed by atoms with E-state index >= 15 is 0 Å². The first-order valence-electron chi connectivity index (χ1n) is 9.55. The Morgan fingerprint density at radius 2 is 1.62 bits per heavy atom. The summed E-state index contributed by atoms with van der Waals surface area (Å²) in [6.07, 6.45) is 2.25. The van der Waals surface area contributed by atoms with E-state index in [0.717, 1.165) is 13.0 Å². The Kier molecular flexibility index (Phi) is 12.1. The molecule has 1 amide bonds. The normalized spacial score (nSPS) is 18.4. The van der Waals surface area contributed by atoms with E-state index in [1.54, 1.807) is 0 Å². The van der Waals surface area contributed by atoms with Crippen molar-refractivity contribution in [3.63, 3.8) is 0 Å². The first kappa shape index (κ1) is 26.8. The lowest BCUT2D eigenvalue weighted by atomic mass is 9.97. The second-order valence-electron chi connectivity index (χ2n) is 7.27. The molecule has 0 unspecified atom stereocenters. The minimum Gasteiger partial charge on any atom is -0.478 e. The van der Waals surface area contributed by atoms with Gasteiger partial charge in [-0.05, 0) is 34.6 Å². The Bertz CT molecular complexity index is 529. The highest BCUT2D eigenvalue weighted by molar-refractivity contribution is 5.89. The lowest BCUT2D eigenvalue weighted by Crippen LogP contribution is -2.54. The van der Waals surface area contributed by atoms with Crippen LogP contribution in [-0.4, -0.2) is 72.0 Å². The van der Waals surface area contributed by atoms with Crippen LogP contribution in [0.1, 0.15) is 47.5 Å². The third-order valence-corrected chi connectivity index (χ3v) is 3.57. The summed E-state index contributed by atoms with van der Waals surface area (Å²) in [5.41, 5.74) is -0.482. The molecule has 0 spiro atoms. The van der Waals surface area contributed by atoms with Crippen LogP contribution in [0.3, 0.4) is 0 Å². The third kappa shape index (κ3) is 13.6. The standard InChI is InChI=1S/C15H30N2O4.C4H4O4/c1-6-19-15(20-7-2)8-9-16-12(10-15)11-17-13(18)21-14(3,4)5;5-3(6)1-2-4(7)8/h12,16H,6-11H2,1-5H3,(H,17,18);1-2H,(H,5,6)(H,7,8)/t12-;/m1./s1. The molecule has 1 heterocycles. The molecular weight excluding hydrogens is 384 g/mol. The average molecular weight is 418 g/mol. The maximum absolute atomic E-state index is 11.7. The highest BCUT2D eigenvalue weighted by atomic mass is 16.7. The molecule has 1 atom stereocenters. The van der Waals surface area contributed by atoms with Crippen molar-refractivity contribution in [3.05, 3.63) is 12.2 Å². The summed E-state index contributed by atoms with van der Waals surface area (Å²) in [5.74, 6) is -3.05. The van der Waals surface area contributed by atoms with Crippen LogP contribution in [0, 0.1) is 0 Å². The van der Waals surface area contributed by atoms with E-state index < -0.39 is 29.4 Å². The smallest absolute Gasteiger partial charge is 0.407 e. The fraction of sp³-hybridized carbons (Fsp3) is 0.737. The van der Waals surface area contributed by atoms with Crippen LogP contribution in [0.4, 0.5) is 4.79 Å². The Morgan fingerprint density at radius 1 is 1.10 bits per heavy atom. The monoisotopic (exact) mass is 418 g/mol. The van der Waals surface area contributed by atoms with E-state index in [1.807, 2.05) is 34.6 Å². The molecule has 0 aliphatic carbocycles. The Morgan fingerprint density at radius 3 is 2.03 bits per heavy atom. The van der Waals surface area contributed by atoms with Crippen LogP contribution in [0.15, 0.2) is 12.2 Å². The second-order valence-corrected chi connectivity index (χ2v) is 7.27. The molecule has 0 radical (unpaired) electrons. The van der Waals surface area contributed by atoms with E-state index in [2.05, 4.69) is 10.6 Å². The van der Waals surface area contributed by atoms with Crippen molar-refractivity contribution in [2.75, 3.05) is 26.3 Å². The summed E-state index contributed by atoms with van der Waals surface area (Å²) < 4.78 is 16.9. The molecule has 0 bridgehead atoms. The number of aliphatic carboxylic acids is 2. The maximum atomic E-state index is 11.7. The van der Waals surface area contributed by atoms with Gasteiger partial charge >= 0.3 is 18.0 Å². The first-order valence-corrected chi connectivity index (χ1v) is 9.55. The van der Waals surface area contributed by atoms with Gasteiger partial charge in [0.15, 0.2) is 5.79 Å². The largest absolute Gasteiger partial charge is 0.478 e. The lowest BCUT2D eigenvalue weighted by Gasteiger charge is -2.40. The molecule has 1 aliphatic rings. The molecule has 0 aromatic heterocycles. The topological polar surface area (TPSA) is 143 Å². The van der Waals surface area contributed by atoms with Crippen molar-refractivity contribution in [2.24, 2.45) is 0 Å². The number of hydrogen-bond donors (Lipinski definition) is 4. The van der Waals surface area contributed by atoms with Crippen LogP contribution in [-0.2, 0) is 23.8 Å². The highest BCUT2D eigenvalue weighted by Crippen LogP contribution is 2.27.